The van der Waals surface area contributed by atoms with Crippen molar-refractivity contribution >= 4 is 23.2 Å². The minimum absolute atomic E-state index is 0.0860. The first-order valence-electron chi connectivity index (χ1n) is 10.6. The summed E-state index contributed by atoms with van der Waals surface area (Å²) >= 11 is 12.0. The summed E-state index contributed by atoms with van der Waals surface area (Å²) in [5, 5.41) is 24.8. The van der Waals surface area contributed by atoms with Crippen molar-refractivity contribution in [2.24, 2.45) is 0 Å². The van der Waals surface area contributed by atoms with Crippen molar-refractivity contribution in [1.29, 1.82) is 0 Å². The Kier molecular flexibility index (Phi) is 7.28. The van der Waals surface area contributed by atoms with Crippen LogP contribution in [0.5, 0.6) is 0 Å². The van der Waals surface area contributed by atoms with Crippen LogP contribution in [-0.2, 0) is 13.1 Å². The average molecular weight is 542 g/mol. The van der Waals surface area contributed by atoms with E-state index in [9.17, 15) is 28.2 Å². The third-order valence-corrected chi connectivity index (χ3v) is 5.83. The highest BCUT2D eigenvalue weighted by molar-refractivity contribution is 6.31. The molecule has 190 valence electrons. The molecule has 0 aliphatic heterocycles. The second-order valence-electron chi connectivity index (χ2n) is 8.05. The van der Waals surface area contributed by atoms with Crippen molar-refractivity contribution in [3.05, 3.63) is 86.9 Å². The standard InChI is InChI=1S/C23H20Cl2F3N5O3/c1-13(34)21-29-20(33(30-21)17-4-2-3-16(25)9-17)12-31-10-18(14-5-7-15(24)8-6-14)32(22(31)36)11-19(35)23(26,27)28/h2-10,13,19,34-35H,11-12H2,1H3/t13-,19?/m0/s1. The third kappa shape index (κ3) is 5.49. The lowest BCUT2D eigenvalue weighted by Gasteiger charge is -2.16. The highest BCUT2D eigenvalue weighted by Gasteiger charge is 2.39. The Bertz CT molecular complexity index is 1430. The molecule has 8 nitrogen and oxygen atoms in total. The van der Waals surface area contributed by atoms with Crippen molar-refractivity contribution in [3.63, 3.8) is 0 Å². The van der Waals surface area contributed by atoms with E-state index in [1.807, 2.05) is 0 Å². The second kappa shape index (κ2) is 10.1. The minimum atomic E-state index is -4.92. The molecule has 0 aliphatic carbocycles. The Morgan fingerprint density at radius 1 is 1.06 bits per heavy atom. The molecule has 4 aromatic rings. The first-order chi connectivity index (χ1) is 16.9. The summed E-state index contributed by atoms with van der Waals surface area (Å²) in [5.41, 5.74) is 0.271. The van der Waals surface area contributed by atoms with Gasteiger partial charge in [0.25, 0.3) is 0 Å². The number of hydrogen-bond donors (Lipinski definition) is 2. The number of rotatable bonds is 7. The molecule has 13 heteroatoms. The van der Waals surface area contributed by atoms with Gasteiger partial charge in [-0.25, -0.2) is 14.5 Å². The van der Waals surface area contributed by atoms with Gasteiger partial charge in [0, 0.05) is 16.2 Å². The van der Waals surface area contributed by atoms with Crippen LogP contribution < -0.4 is 5.69 Å². The fourth-order valence-corrected chi connectivity index (χ4v) is 3.87. The zero-order valence-electron chi connectivity index (χ0n) is 18.7. The van der Waals surface area contributed by atoms with Crippen molar-refractivity contribution in [2.45, 2.75) is 38.4 Å². The summed E-state index contributed by atoms with van der Waals surface area (Å²) in [6.07, 6.45) is -7.32. The predicted octanol–water partition coefficient (Wildman–Crippen LogP) is 4.23. The van der Waals surface area contributed by atoms with Gasteiger partial charge in [-0.05, 0) is 42.8 Å². The quantitative estimate of drug-likeness (QED) is 0.365. The molecule has 0 aliphatic rings. The fraction of sp³-hybridized carbons (Fsp3) is 0.261. The Labute approximate surface area is 212 Å². The van der Waals surface area contributed by atoms with Crippen LogP contribution in [0.3, 0.4) is 0 Å². The van der Waals surface area contributed by atoms with Crippen LogP contribution in [0, 0.1) is 0 Å². The van der Waals surface area contributed by atoms with Gasteiger partial charge in [-0.2, -0.15) is 13.2 Å². The molecular formula is C23H20Cl2F3N5O3. The monoisotopic (exact) mass is 541 g/mol. The van der Waals surface area contributed by atoms with Crippen LogP contribution in [-0.4, -0.2) is 46.4 Å². The summed E-state index contributed by atoms with van der Waals surface area (Å²) in [7, 11) is 0. The number of halogens is 5. The first kappa shape index (κ1) is 26.0. The van der Waals surface area contributed by atoms with E-state index in [0.29, 0.717) is 21.3 Å². The van der Waals surface area contributed by atoms with E-state index in [4.69, 9.17) is 23.2 Å². The number of imidazole rings is 1. The molecule has 2 atom stereocenters. The van der Waals surface area contributed by atoms with E-state index in [2.05, 4.69) is 10.1 Å². The van der Waals surface area contributed by atoms with Crippen LogP contribution in [0.15, 0.2) is 59.5 Å². The molecule has 0 bridgehead atoms. The van der Waals surface area contributed by atoms with Crippen molar-refractivity contribution < 1.29 is 23.4 Å². The number of hydrogen-bond acceptors (Lipinski definition) is 5. The molecule has 1 unspecified atom stereocenters. The number of aromatic nitrogens is 5. The topological polar surface area (TPSA) is 98.1 Å². The van der Waals surface area contributed by atoms with Gasteiger partial charge in [0.1, 0.15) is 6.10 Å². The lowest BCUT2D eigenvalue weighted by Crippen LogP contribution is -2.37. The number of benzene rings is 2. The van der Waals surface area contributed by atoms with Gasteiger partial charge >= 0.3 is 11.9 Å². The molecule has 2 aromatic carbocycles. The van der Waals surface area contributed by atoms with Gasteiger partial charge in [-0.3, -0.25) is 9.13 Å². The fourth-order valence-electron chi connectivity index (χ4n) is 3.56. The van der Waals surface area contributed by atoms with Crippen LogP contribution in [0.2, 0.25) is 10.0 Å². The first-order valence-corrected chi connectivity index (χ1v) is 11.4. The Morgan fingerprint density at radius 2 is 1.75 bits per heavy atom. The maximum Gasteiger partial charge on any atom is 0.416 e. The van der Waals surface area contributed by atoms with Crippen molar-refractivity contribution in [2.75, 3.05) is 0 Å². The van der Waals surface area contributed by atoms with Crippen molar-refractivity contribution in [3.8, 4) is 16.9 Å². The molecule has 2 N–H and O–H groups in total. The zero-order valence-corrected chi connectivity index (χ0v) is 20.2. The van der Waals surface area contributed by atoms with Crippen LogP contribution >= 0.6 is 23.2 Å². The lowest BCUT2D eigenvalue weighted by atomic mass is 10.1. The molecule has 0 saturated heterocycles. The minimum Gasteiger partial charge on any atom is -0.385 e. The van der Waals surface area contributed by atoms with E-state index in [0.717, 1.165) is 9.13 Å². The largest absolute Gasteiger partial charge is 0.416 e. The number of aliphatic hydroxyl groups excluding tert-OH is 2. The Balaban J connectivity index is 1.82. The van der Waals surface area contributed by atoms with Gasteiger partial charge in [-0.1, -0.05) is 41.4 Å². The van der Waals surface area contributed by atoms with Gasteiger partial charge in [0.05, 0.1) is 24.5 Å². The summed E-state index contributed by atoms with van der Waals surface area (Å²) in [5.74, 6) is 0.314. The van der Waals surface area contributed by atoms with Gasteiger partial charge < -0.3 is 10.2 Å². The van der Waals surface area contributed by atoms with E-state index in [-0.39, 0.29) is 23.9 Å². The zero-order chi connectivity index (χ0) is 26.2. The maximum atomic E-state index is 13.2. The molecule has 0 saturated carbocycles. The van der Waals surface area contributed by atoms with Crippen LogP contribution in [0.4, 0.5) is 13.2 Å². The molecule has 0 radical (unpaired) electrons. The van der Waals surface area contributed by atoms with E-state index < -0.39 is 30.6 Å². The molecule has 2 heterocycles. The molecule has 2 aromatic heterocycles. The van der Waals surface area contributed by atoms with E-state index in [1.54, 1.807) is 36.4 Å². The van der Waals surface area contributed by atoms with Crippen LogP contribution in [0.25, 0.3) is 16.9 Å². The Hall–Kier alpha value is -3.12. The molecular weight excluding hydrogens is 522 g/mol. The predicted molar refractivity (Wildman–Crippen MR) is 127 cm³/mol. The Morgan fingerprint density at radius 3 is 2.36 bits per heavy atom. The maximum absolute atomic E-state index is 13.2. The molecule has 36 heavy (non-hydrogen) atoms. The highest BCUT2D eigenvalue weighted by Crippen LogP contribution is 2.26. The van der Waals surface area contributed by atoms with Gasteiger partial charge in [-0.15, -0.1) is 5.10 Å². The molecule has 4 rings (SSSR count). The SMILES string of the molecule is C[C@H](O)c1nc(Cn2cc(-c3ccc(Cl)cc3)n(CC(O)C(F)(F)F)c2=O)n(-c2cccc(Cl)c2)n1. The normalized spacial score (nSPS) is 13.7. The lowest BCUT2D eigenvalue weighted by molar-refractivity contribution is -0.207. The van der Waals surface area contributed by atoms with Crippen molar-refractivity contribution in [1.82, 2.24) is 23.9 Å². The summed E-state index contributed by atoms with van der Waals surface area (Å²) in [6, 6.07) is 12.8. The number of nitrogens with zero attached hydrogens (tertiary/aromatic N) is 5. The summed E-state index contributed by atoms with van der Waals surface area (Å²) in [6.45, 7) is 0.273. The number of aliphatic hydroxyl groups is 2. The highest BCUT2D eigenvalue weighted by atomic mass is 35.5. The third-order valence-electron chi connectivity index (χ3n) is 5.35. The number of alkyl halides is 3. The average Bonchev–Trinajstić information content (AvgIpc) is 3.36. The molecule has 0 fully saturated rings. The van der Waals surface area contributed by atoms with Gasteiger partial charge in [0.2, 0.25) is 0 Å². The summed E-state index contributed by atoms with van der Waals surface area (Å²) in [4.78, 5) is 17.6. The molecule has 0 spiro atoms. The van der Waals surface area contributed by atoms with E-state index in [1.165, 1.54) is 29.9 Å². The summed E-state index contributed by atoms with van der Waals surface area (Å²) < 4.78 is 42.7. The van der Waals surface area contributed by atoms with Gasteiger partial charge in [0.15, 0.2) is 17.8 Å². The van der Waals surface area contributed by atoms with Crippen LogP contribution in [0.1, 0.15) is 24.7 Å². The molecule has 0 amide bonds. The second-order valence-corrected chi connectivity index (χ2v) is 8.93. The van der Waals surface area contributed by atoms with E-state index >= 15 is 0 Å². The smallest absolute Gasteiger partial charge is 0.385 e.